The van der Waals surface area contributed by atoms with Gasteiger partial charge in [-0.25, -0.2) is 4.79 Å². The highest BCUT2D eigenvalue weighted by Crippen LogP contribution is 2.38. The van der Waals surface area contributed by atoms with Crippen molar-refractivity contribution in [2.75, 3.05) is 26.3 Å². The summed E-state index contributed by atoms with van der Waals surface area (Å²) in [4.78, 5) is 11.9. The number of nitrogens with one attached hydrogen (secondary N) is 2. The maximum Gasteiger partial charge on any atom is 0.314 e. The first-order chi connectivity index (χ1) is 12.7. The molecule has 0 saturated heterocycles. The average molecular weight is 375 g/mol. The monoisotopic (exact) mass is 374 g/mol. The molecular weight excluding hydrogens is 352 g/mol. The Labute approximate surface area is 158 Å². The average Bonchev–Trinajstić information content (AvgIpc) is 2.66. The van der Waals surface area contributed by atoms with E-state index in [9.17, 15) is 4.79 Å². The number of fused-ring (bicyclic) bond motifs is 1. The van der Waals surface area contributed by atoms with Crippen LogP contribution in [0, 0.1) is 0 Å². The van der Waals surface area contributed by atoms with Crippen LogP contribution in [-0.4, -0.2) is 32.3 Å². The fourth-order valence-electron chi connectivity index (χ4n) is 2.83. The quantitative estimate of drug-likeness (QED) is 0.728. The molecule has 0 unspecified atom stereocenters. The first-order valence-electron chi connectivity index (χ1n) is 8.86. The number of carbonyl (C=O) groups is 1. The third-order valence-electron chi connectivity index (χ3n) is 4.13. The van der Waals surface area contributed by atoms with Gasteiger partial charge in [-0.3, -0.25) is 0 Å². The van der Waals surface area contributed by atoms with Crippen LogP contribution < -0.4 is 20.1 Å². The lowest BCUT2D eigenvalue weighted by Gasteiger charge is -2.20. The highest BCUT2D eigenvalue weighted by atomic mass is 35.5. The number of hydrogen-bond acceptors (Lipinski definition) is 3. The maximum absolute atomic E-state index is 11.9. The zero-order valence-electron chi connectivity index (χ0n) is 14.6. The van der Waals surface area contributed by atoms with Gasteiger partial charge in [-0.2, -0.15) is 0 Å². The normalized spacial score (nSPS) is 12.5. The van der Waals surface area contributed by atoms with Crippen LogP contribution >= 0.6 is 11.6 Å². The first kappa shape index (κ1) is 18.4. The second-order valence-electron chi connectivity index (χ2n) is 6.12. The summed E-state index contributed by atoms with van der Waals surface area (Å²) in [5.41, 5.74) is 2.29. The molecule has 2 aromatic carbocycles. The van der Waals surface area contributed by atoms with E-state index in [0.29, 0.717) is 49.2 Å². The highest BCUT2D eigenvalue weighted by Gasteiger charge is 2.16. The summed E-state index contributed by atoms with van der Waals surface area (Å²) >= 11 is 6.22. The van der Waals surface area contributed by atoms with Crippen molar-refractivity contribution < 1.29 is 14.3 Å². The molecule has 0 aromatic heterocycles. The summed E-state index contributed by atoms with van der Waals surface area (Å²) in [7, 11) is 0. The molecule has 2 amide bonds. The third-order valence-corrected chi connectivity index (χ3v) is 4.41. The Hall–Kier alpha value is -2.40. The number of amides is 2. The summed E-state index contributed by atoms with van der Waals surface area (Å²) in [5, 5.41) is 6.29. The number of hydrogen-bond donors (Lipinski definition) is 2. The predicted octanol–water partition coefficient (Wildman–Crippen LogP) is 3.59. The molecule has 0 aliphatic carbocycles. The number of halogens is 1. The van der Waals surface area contributed by atoms with Crippen molar-refractivity contribution in [1.29, 1.82) is 0 Å². The van der Waals surface area contributed by atoms with Crippen LogP contribution in [0.25, 0.3) is 0 Å². The zero-order valence-corrected chi connectivity index (χ0v) is 15.3. The van der Waals surface area contributed by atoms with E-state index in [0.717, 1.165) is 18.4 Å². The van der Waals surface area contributed by atoms with E-state index in [4.69, 9.17) is 21.1 Å². The molecule has 0 saturated carbocycles. The lowest BCUT2D eigenvalue weighted by atomic mass is 10.1. The second-order valence-corrected chi connectivity index (χ2v) is 6.53. The van der Waals surface area contributed by atoms with Crippen LogP contribution in [0.4, 0.5) is 4.79 Å². The van der Waals surface area contributed by atoms with E-state index in [1.54, 1.807) is 0 Å². The molecule has 1 aliphatic rings. The molecule has 0 radical (unpaired) electrons. The first-order valence-corrected chi connectivity index (χ1v) is 9.24. The minimum Gasteiger partial charge on any atom is -0.486 e. The summed E-state index contributed by atoms with van der Waals surface area (Å²) in [6, 6.07) is 13.9. The maximum atomic E-state index is 11.9. The Morgan fingerprint density at radius 2 is 1.73 bits per heavy atom. The molecule has 0 bridgehead atoms. The third kappa shape index (κ3) is 5.30. The van der Waals surface area contributed by atoms with Gasteiger partial charge in [0.05, 0.1) is 5.02 Å². The van der Waals surface area contributed by atoms with E-state index in [-0.39, 0.29) is 6.03 Å². The molecule has 0 fully saturated rings. The fourth-order valence-corrected chi connectivity index (χ4v) is 3.12. The Morgan fingerprint density at radius 1 is 0.962 bits per heavy atom. The lowest BCUT2D eigenvalue weighted by molar-refractivity contribution is 0.171. The van der Waals surface area contributed by atoms with Crippen molar-refractivity contribution in [2.24, 2.45) is 0 Å². The van der Waals surface area contributed by atoms with E-state index in [1.165, 1.54) is 5.56 Å². The van der Waals surface area contributed by atoms with Gasteiger partial charge in [-0.15, -0.1) is 0 Å². The molecule has 138 valence electrons. The smallest absolute Gasteiger partial charge is 0.314 e. The number of ether oxygens (including phenoxy) is 2. The molecule has 0 atom stereocenters. The van der Waals surface area contributed by atoms with Gasteiger partial charge in [0.15, 0.2) is 11.5 Å². The Balaban J connectivity index is 1.35. The van der Waals surface area contributed by atoms with Gasteiger partial charge in [0, 0.05) is 13.1 Å². The fraction of sp³-hybridized carbons (Fsp3) is 0.350. The number of carbonyl (C=O) groups excluding carboxylic acids is 1. The van der Waals surface area contributed by atoms with Crippen LogP contribution in [0.1, 0.15) is 17.5 Å². The SMILES string of the molecule is O=C(NCCCc1ccccc1)NCCc1cc(Cl)c2c(c1)OCCO2. The van der Waals surface area contributed by atoms with Crippen molar-refractivity contribution in [1.82, 2.24) is 10.6 Å². The van der Waals surface area contributed by atoms with Gasteiger partial charge < -0.3 is 20.1 Å². The van der Waals surface area contributed by atoms with Gasteiger partial charge >= 0.3 is 6.03 Å². The largest absolute Gasteiger partial charge is 0.486 e. The van der Waals surface area contributed by atoms with E-state index < -0.39 is 0 Å². The minimum absolute atomic E-state index is 0.151. The Morgan fingerprint density at radius 3 is 2.58 bits per heavy atom. The molecule has 0 spiro atoms. The highest BCUT2D eigenvalue weighted by molar-refractivity contribution is 6.32. The van der Waals surface area contributed by atoms with Gasteiger partial charge in [0.25, 0.3) is 0 Å². The van der Waals surface area contributed by atoms with Crippen molar-refractivity contribution in [3.8, 4) is 11.5 Å². The van der Waals surface area contributed by atoms with E-state index in [2.05, 4.69) is 22.8 Å². The minimum atomic E-state index is -0.151. The molecule has 5 nitrogen and oxygen atoms in total. The summed E-state index contributed by atoms with van der Waals surface area (Å²) in [6.45, 7) is 2.21. The van der Waals surface area contributed by atoms with Crippen LogP contribution in [0.2, 0.25) is 5.02 Å². The molecule has 26 heavy (non-hydrogen) atoms. The second kappa shape index (κ2) is 9.34. The summed E-state index contributed by atoms with van der Waals surface area (Å²) in [5.74, 6) is 1.27. The van der Waals surface area contributed by atoms with Crippen molar-refractivity contribution in [2.45, 2.75) is 19.3 Å². The molecule has 2 aromatic rings. The lowest BCUT2D eigenvalue weighted by Crippen LogP contribution is -2.37. The zero-order chi connectivity index (χ0) is 18.2. The van der Waals surface area contributed by atoms with E-state index in [1.807, 2.05) is 30.3 Å². The topological polar surface area (TPSA) is 59.6 Å². The van der Waals surface area contributed by atoms with Crippen LogP contribution in [0.5, 0.6) is 11.5 Å². The predicted molar refractivity (Wildman–Crippen MR) is 102 cm³/mol. The Kier molecular flexibility index (Phi) is 6.61. The molecule has 1 aliphatic heterocycles. The number of benzene rings is 2. The van der Waals surface area contributed by atoms with Crippen molar-refractivity contribution >= 4 is 17.6 Å². The van der Waals surface area contributed by atoms with Crippen LogP contribution in [-0.2, 0) is 12.8 Å². The molecule has 3 rings (SSSR count). The van der Waals surface area contributed by atoms with Gasteiger partial charge in [-0.1, -0.05) is 41.9 Å². The molecular formula is C20H23ClN2O3. The summed E-state index contributed by atoms with van der Waals surface area (Å²) in [6.07, 6.45) is 2.54. The molecule has 2 N–H and O–H groups in total. The molecule has 1 heterocycles. The summed E-state index contributed by atoms with van der Waals surface area (Å²) < 4.78 is 11.1. The van der Waals surface area contributed by atoms with Gasteiger partial charge in [-0.05, 0) is 42.5 Å². The Bertz CT molecular complexity index is 737. The van der Waals surface area contributed by atoms with Crippen LogP contribution in [0.15, 0.2) is 42.5 Å². The standard InChI is InChI=1S/C20H23ClN2O3/c21-17-13-16(14-18-19(17)26-12-11-25-18)8-10-23-20(24)22-9-4-7-15-5-2-1-3-6-15/h1-3,5-6,13-14H,4,7-12H2,(H2,22,23,24). The van der Waals surface area contributed by atoms with Gasteiger partial charge in [0.2, 0.25) is 0 Å². The van der Waals surface area contributed by atoms with Gasteiger partial charge in [0.1, 0.15) is 13.2 Å². The van der Waals surface area contributed by atoms with Crippen LogP contribution in [0.3, 0.4) is 0 Å². The number of rotatable bonds is 7. The van der Waals surface area contributed by atoms with E-state index >= 15 is 0 Å². The number of aryl methyl sites for hydroxylation is 1. The molecule has 6 heteroatoms. The number of urea groups is 1. The van der Waals surface area contributed by atoms with Crippen molar-refractivity contribution in [3.63, 3.8) is 0 Å². The van der Waals surface area contributed by atoms with Crippen molar-refractivity contribution in [3.05, 3.63) is 58.6 Å².